The summed E-state index contributed by atoms with van der Waals surface area (Å²) in [5, 5.41) is 20.7. The van der Waals surface area contributed by atoms with E-state index in [0.717, 1.165) is 21.7 Å². The quantitative estimate of drug-likeness (QED) is 0.354. The highest BCUT2D eigenvalue weighted by Crippen LogP contribution is 2.30. The molecule has 0 saturated carbocycles. The zero-order chi connectivity index (χ0) is 23.3. The molecule has 32 heavy (non-hydrogen) atoms. The van der Waals surface area contributed by atoms with Crippen molar-refractivity contribution in [2.24, 2.45) is 5.92 Å². The van der Waals surface area contributed by atoms with E-state index in [1.165, 1.54) is 0 Å². The second-order valence-electron chi connectivity index (χ2n) is 7.41. The molecule has 10 heteroatoms. The van der Waals surface area contributed by atoms with Gasteiger partial charge in [0, 0.05) is 34.8 Å². The maximum absolute atomic E-state index is 12.7. The Labute approximate surface area is 191 Å². The van der Waals surface area contributed by atoms with Gasteiger partial charge in [-0.15, -0.1) is 0 Å². The molecule has 0 aliphatic carbocycles. The Hall–Kier alpha value is -2.85. The fraction of sp³-hybridized carbons (Fsp3) is 0.273. The minimum Gasteiger partial charge on any atom is -0.396 e. The number of carbonyl (C=O) groups is 1. The zero-order valence-electron chi connectivity index (χ0n) is 17.1. The molecule has 1 aromatic heterocycles. The number of carbonyl (C=O) groups excluding carboxylic acids is 1. The van der Waals surface area contributed by atoms with E-state index in [1.54, 1.807) is 24.3 Å². The molecule has 3 rings (SSSR count). The molecule has 6 nitrogen and oxygen atoms in total. The molecule has 0 aliphatic heterocycles. The minimum absolute atomic E-state index is 0.0793. The molecule has 1 unspecified atom stereocenters. The summed E-state index contributed by atoms with van der Waals surface area (Å²) in [5.41, 5.74) is 2.35. The van der Waals surface area contributed by atoms with Crippen molar-refractivity contribution in [3.05, 3.63) is 69.8 Å². The van der Waals surface area contributed by atoms with E-state index in [1.807, 2.05) is 30.2 Å². The molecule has 3 aromatic rings. The topological polar surface area (TPSA) is 90.0 Å². The summed E-state index contributed by atoms with van der Waals surface area (Å²) in [6, 6.07) is 12.7. The van der Waals surface area contributed by atoms with Gasteiger partial charge in [-0.2, -0.15) is 18.3 Å². The number of halogens is 4. The molecular weight excluding hydrogens is 489 g/mol. The van der Waals surface area contributed by atoms with E-state index in [4.69, 9.17) is 0 Å². The Morgan fingerprint density at radius 1 is 1.19 bits per heavy atom. The molecule has 0 radical (unpaired) electrons. The number of H-pyrrole nitrogens is 1. The smallest absolute Gasteiger partial charge is 0.396 e. The van der Waals surface area contributed by atoms with Gasteiger partial charge in [-0.3, -0.25) is 5.10 Å². The maximum atomic E-state index is 12.7. The summed E-state index contributed by atoms with van der Waals surface area (Å²) in [5.74, 6) is -0.153. The van der Waals surface area contributed by atoms with Crippen molar-refractivity contribution in [3.63, 3.8) is 0 Å². The Balaban J connectivity index is 1.52. The third kappa shape index (κ3) is 6.33. The van der Waals surface area contributed by atoms with Crippen LogP contribution >= 0.6 is 15.9 Å². The number of rotatable bonds is 7. The van der Waals surface area contributed by atoms with E-state index >= 15 is 0 Å². The normalized spacial score (nSPS) is 12.4. The van der Waals surface area contributed by atoms with Crippen LogP contribution in [0.4, 0.5) is 23.7 Å². The standard InChI is InChI=1S/C22H22BrF3N4O2/c1-13-2-3-14(9-18(13)23)8-15(12-31)11-27-21(32)28-17-6-4-16(5-7-17)19-10-20(30-29-19)22(24,25)26/h2-7,9-10,15,31H,8,11-12H2,1H3,(H,29,30)(H2,27,28,32). The number of aromatic nitrogens is 2. The molecule has 0 fully saturated rings. The number of anilines is 1. The largest absolute Gasteiger partial charge is 0.432 e. The first-order valence-corrected chi connectivity index (χ1v) is 10.6. The highest BCUT2D eigenvalue weighted by atomic mass is 79.9. The Kier molecular flexibility index (Phi) is 7.57. The third-order valence-corrected chi connectivity index (χ3v) is 5.75. The van der Waals surface area contributed by atoms with Crippen LogP contribution < -0.4 is 10.6 Å². The molecule has 0 bridgehead atoms. The number of aliphatic hydroxyl groups excluding tert-OH is 1. The Bertz CT molecular complexity index is 1070. The van der Waals surface area contributed by atoms with Crippen molar-refractivity contribution in [1.29, 1.82) is 0 Å². The number of urea groups is 1. The number of hydrogen-bond acceptors (Lipinski definition) is 3. The molecule has 2 aromatic carbocycles. The average molecular weight is 511 g/mol. The van der Waals surface area contributed by atoms with Gasteiger partial charge in [0.2, 0.25) is 0 Å². The van der Waals surface area contributed by atoms with Crippen LogP contribution in [0.1, 0.15) is 16.8 Å². The van der Waals surface area contributed by atoms with Crippen molar-refractivity contribution in [1.82, 2.24) is 15.5 Å². The summed E-state index contributed by atoms with van der Waals surface area (Å²) >= 11 is 3.49. The molecule has 170 valence electrons. The van der Waals surface area contributed by atoms with Gasteiger partial charge in [-0.25, -0.2) is 4.79 Å². The number of alkyl halides is 3. The fourth-order valence-electron chi connectivity index (χ4n) is 3.05. The molecule has 0 saturated heterocycles. The number of aliphatic hydroxyl groups is 1. The molecular formula is C22H22BrF3N4O2. The first kappa shape index (κ1) is 23.8. The van der Waals surface area contributed by atoms with Crippen molar-refractivity contribution in [3.8, 4) is 11.3 Å². The molecule has 0 aliphatic rings. The van der Waals surface area contributed by atoms with Crippen LogP contribution in [0, 0.1) is 12.8 Å². The van der Waals surface area contributed by atoms with Crippen LogP contribution in [0.3, 0.4) is 0 Å². The predicted octanol–water partition coefficient (Wildman–Crippen LogP) is 5.14. The number of amides is 2. The summed E-state index contributed by atoms with van der Waals surface area (Å²) in [6.07, 6.45) is -3.89. The highest BCUT2D eigenvalue weighted by molar-refractivity contribution is 9.10. The number of benzene rings is 2. The van der Waals surface area contributed by atoms with Crippen molar-refractivity contribution >= 4 is 27.6 Å². The number of hydrogen-bond donors (Lipinski definition) is 4. The number of nitrogens with zero attached hydrogens (tertiary/aromatic N) is 1. The molecule has 2 amide bonds. The van der Waals surface area contributed by atoms with Gasteiger partial charge in [-0.05, 0) is 48.7 Å². The summed E-state index contributed by atoms with van der Waals surface area (Å²) < 4.78 is 39.1. The third-order valence-electron chi connectivity index (χ3n) is 4.89. The van der Waals surface area contributed by atoms with E-state index in [-0.39, 0.29) is 24.8 Å². The monoisotopic (exact) mass is 510 g/mol. The van der Waals surface area contributed by atoms with Gasteiger partial charge in [-0.1, -0.05) is 40.2 Å². The predicted molar refractivity (Wildman–Crippen MR) is 119 cm³/mol. The number of aromatic amines is 1. The van der Waals surface area contributed by atoms with E-state index < -0.39 is 17.9 Å². The number of nitrogens with one attached hydrogen (secondary N) is 3. The van der Waals surface area contributed by atoms with Crippen LogP contribution in [0.25, 0.3) is 11.3 Å². The second-order valence-corrected chi connectivity index (χ2v) is 8.27. The number of aryl methyl sites for hydroxylation is 1. The SMILES string of the molecule is Cc1ccc(CC(CO)CNC(=O)Nc2ccc(-c3cc(C(F)(F)F)[nH]n3)cc2)cc1Br. The lowest BCUT2D eigenvalue weighted by Gasteiger charge is -2.16. The van der Waals surface area contributed by atoms with E-state index in [9.17, 15) is 23.1 Å². The maximum Gasteiger partial charge on any atom is 0.432 e. The van der Waals surface area contributed by atoms with Gasteiger partial charge in [0.15, 0.2) is 0 Å². The average Bonchev–Trinajstić information content (AvgIpc) is 3.25. The lowest BCUT2D eigenvalue weighted by molar-refractivity contribution is -0.141. The first-order chi connectivity index (χ1) is 15.2. The van der Waals surface area contributed by atoms with Crippen molar-refractivity contribution < 1.29 is 23.1 Å². The van der Waals surface area contributed by atoms with E-state index in [0.29, 0.717) is 17.7 Å². The minimum atomic E-state index is -4.49. The van der Waals surface area contributed by atoms with Gasteiger partial charge < -0.3 is 15.7 Å². The molecule has 4 N–H and O–H groups in total. The van der Waals surface area contributed by atoms with Crippen LogP contribution in [0.2, 0.25) is 0 Å². The zero-order valence-corrected chi connectivity index (χ0v) is 18.7. The molecule has 0 spiro atoms. The van der Waals surface area contributed by atoms with Crippen LogP contribution in [0.5, 0.6) is 0 Å². The Morgan fingerprint density at radius 3 is 2.50 bits per heavy atom. The van der Waals surface area contributed by atoms with Gasteiger partial charge in [0.1, 0.15) is 5.69 Å². The second kappa shape index (κ2) is 10.2. The molecule has 1 heterocycles. The van der Waals surface area contributed by atoms with Crippen LogP contribution in [0.15, 0.2) is 53.0 Å². The summed E-state index contributed by atoms with van der Waals surface area (Å²) in [7, 11) is 0. The van der Waals surface area contributed by atoms with Gasteiger partial charge in [0.05, 0.1) is 5.69 Å². The van der Waals surface area contributed by atoms with Gasteiger partial charge in [0.25, 0.3) is 0 Å². The highest BCUT2D eigenvalue weighted by Gasteiger charge is 2.33. The fourth-order valence-corrected chi connectivity index (χ4v) is 3.48. The van der Waals surface area contributed by atoms with Crippen molar-refractivity contribution in [2.45, 2.75) is 19.5 Å². The van der Waals surface area contributed by atoms with Crippen LogP contribution in [-0.2, 0) is 12.6 Å². The summed E-state index contributed by atoms with van der Waals surface area (Å²) in [4.78, 5) is 12.2. The van der Waals surface area contributed by atoms with E-state index in [2.05, 4.69) is 31.7 Å². The first-order valence-electron chi connectivity index (χ1n) is 9.79. The summed E-state index contributed by atoms with van der Waals surface area (Å²) in [6.45, 7) is 2.19. The van der Waals surface area contributed by atoms with Crippen molar-refractivity contribution in [2.75, 3.05) is 18.5 Å². The lowest BCUT2D eigenvalue weighted by Crippen LogP contribution is -2.35. The van der Waals surface area contributed by atoms with Gasteiger partial charge >= 0.3 is 12.2 Å². The molecule has 1 atom stereocenters. The Morgan fingerprint density at radius 2 is 1.91 bits per heavy atom. The lowest BCUT2D eigenvalue weighted by atomic mass is 9.99. The van der Waals surface area contributed by atoms with Crippen LogP contribution in [-0.4, -0.2) is 34.5 Å².